The van der Waals surface area contributed by atoms with Crippen LogP contribution in [0.25, 0.3) is 0 Å². The molecule has 0 saturated carbocycles. The number of methoxy groups -OCH3 is 1. The van der Waals surface area contributed by atoms with E-state index >= 15 is 0 Å². The number of rotatable bonds is 5. The molecule has 108 valence electrons. The maximum atomic E-state index is 12.6. The number of hydrogen-bond acceptors (Lipinski definition) is 4. The van der Waals surface area contributed by atoms with E-state index in [1.54, 1.807) is 36.4 Å². The van der Waals surface area contributed by atoms with E-state index in [9.17, 15) is 8.42 Å². The van der Waals surface area contributed by atoms with Crippen LogP contribution in [0.1, 0.15) is 4.88 Å². The van der Waals surface area contributed by atoms with E-state index in [2.05, 4.69) is 0 Å². The summed E-state index contributed by atoms with van der Waals surface area (Å²) in [4.78, 5) is 0.818. The zero-order valence-corrected chi connectivity index (χ0v) is 13.4. The van der Waals surface area contributed by atoms with Gasteiger partial charge in [-0.15, -0.1) is 22.9 Å². The minimum Gasteiger partial charge on any atom is -0.495 e. The molecule has 1 aromatic carbocycles. The molecule has 0 saturated heterocycles. The van der Waals surface area contributed by atoms with Crippen molar-refractivity contribution in [3.05, 3.63) is 41.3 Å². The fourth-order valence-electron chi connectivity index (χ4n) is 1.72. The Labute approximate surface area is 127 Å². The second kappa shape index (κ2) is 6.03. The zero-order valence-electron chi connectivity index (χ0n) is 11.0. The maximum Gasteiger partial charge on any atom is 0.273 e. The van der Waals surface area contributed by atoms with Crippen molar-refractivity contribution in [2.75, 3.05) is 18.5 Å². The molecule has 0 aliphatic rings. The second-order valence-corrected chi connectivity index (χ2v) is 7.63. The number of anilines is 1. The van der Waals surface area contributed by atoms with Gasteiger partial charge in [0.15, 0.2) is 0 Å². The molecule has 2 rings (SSSR count). The number of nitrogens with zero attached hydrogens (tertiary/aromatic N) is 1. The van der Waals surface area contributed by atoms with Gasteiger partial charge in [-0.1, -0.05) is 12.1 Å². The van der Waals surface area contributed by atoms with Gasteiger partial charge >= 0.3 is 0 Å². The van der Waals surface area contributed by atoms with Crippen LogP contribution in [0.3, 0.4) is 0 Å². The maximum absolute atomic E-state index is 12.6. The number of halogens is 1. The monoisotopic (exact) mass is 331 g/mol. The molecule has 0 radical (unpaired) electrons. The zero-order chi connectivity index (χ0) is 14.8. The lowest BCUT2D eigenvalue weighted by molar-refractivity contribution is 0.416. The molecule has 0 amide bonds. The summed E-state index contributed by atoms with van der Waals surface area (Å²) in [5.41, 5.74) is 0.496. The van der Waals surface area contributed by atoms with Crippen LogP contribution in [0.15, 0.2) is 40.6 Å². The van der Waals surface area contributed by atoms with E-state index in [4.69, 9.17) is 16.3 Å². The van der Waals surface area contributed by atoms with E-state index in [1.165, 1.54) is 29.8 Å². The number of alkyl halides is 1. The molecule has 0 aliphatic carbocycles. The first kappa shape index (κ1) is 15.2. The molecule has 1 heterocycles. The molecule has 7 heteroatoms. The van der Waals surface area contributed by atoms with Crippen molar-refractivity contribution in [2.45, 2.75) is 10.1 Å². The number of ether oxygens (including phenoxy) is 1. The van der Waals surface area contributed by atoms with Crippen molar-refractivity contribution in [1.29, 1.82) is 0 Å². The molecule has 0 fully saturated rings. The van der Waals surface area contributed by atoms with Crippen molar-refractivity contribution in [1.82, 2.24) is 0 Å². The van der Waals surface area contributed by atoms with E-state index in [-0.39, 0.29) is 4.21 Å². The Morgan fingerprint density at radius 3 is 2.55 bits per heavy atom. The fourth-order valence-corrected chi connectivity index (χ4v) is 4.56. The molecular weight excluding hydrogens is 318 g/mol. The predicted molar refractivity (Wildman–Crippen MR) is 82.5 cm³/mol. The van der Waals surface area contributed by atoms with Gasteiger partial charge in [0.25, 0.3) is 10.0 Å². The SMILES string of the molecule is COc1ccccc1N(C)S(=O)(=O)c1ccc(CCl)s1. The van der Waals surface area contributed by atoms with Gasteiger partial charge < -0.3 is 4.74 Å². The summed E-state index contributed by atoms with van der Waals surface area (Å²) in [6, 6.07) is 10.3. The average molecular weight is 332 g/mol. The molecule has 0 aliphatic heterocycles. The van der Waals surface area contributed by atoms with Gasteiger partial charge in [-0.05, 0) is 24.3 Å². The van der Waals surface area contributed by atoms with Gasteiger partial charge in [0.2, 0.25) is 0 Å². The molecule has 0 spiro atoms. The highest BCUT2D eigenvalue weighted by Crippen LogP contribution is 2.33. The largest absolute Gasteiger partial charge is 0.495 e. The van der Waals surface area contributed by atoms with Crippen LogP contribution in [-0.4, -0.2) is 22.6 Å². The highest BCUT2D eigenvalue weighted by atomic mass is 35.5. The lowest BCUT2D eigenvalue weighted by atomic mass is 10.3. The highest BCUT2D eigenvalue weighted by Gasteiger charge is 2.25. The third kappa shape index (κ3) is 2.77. The Hall–Kier alpha value is -1.24. The Balaban J connectivity index is 2.43. The summed E-state index contributed by atoms with van der Waals surface area (Å²) >= 11 is 6.89. The van der Waals surface area contributed by atoms with Crippen molar-refractivity contribution >= 4 is 38.6 Å². The number of para-hydroxylation sites is 2. The normalized spacial score (nSPS) is 11.3. The van der Waals surface area contributed by atoms with Crippen LogP contribution in [0, 0.1) is 0 Å². The Kier molecular flexibility index (Phi) is 4.57. The first-order chi connectivity index (χ1) is 9.50. The third-order valence-corrected chi connectivity index (χ3v) is 6.58. The van der Waals surface area contributed by atoms with Gasteiger partial charge in [0, 0.05) is 11.9 Å². The Morgan fingerprint density at radius 2 is 1.95 bits per heavy atom. The van der Waals surface area contributed by atoms with Crippen LogP contribution in [0.4, 0.5) is 5.69 Å². The quantitative estimate of drug-likeness (QED) is 0.790. The van der Waals surface area contributed by atoms with Crippen molar-refractivity contribution < 1.29 is 13.2 Å². The van der Waals surface area contributed by atoms with Crippen molar-refractivity contribution in [2.24, 2.45) is 0 Å². The van der Waals surface area contributed by atoms with Gasteiger partial charge in [-0.3, -0.25) is 4.31 Å². The summed E-state index contributed by atoms with van der Waals surface area (Å²) in [7, 11) is -0.584. The number of hydrogen-bond donors (Lipinski definition) is 0. The van der Waals surface area contributed by atoms with Crippen LogP contribution in [0.5, 0.6) is 5.75 Å². The number of benzene rings is 1. The predicted octanol–water partition coefficient (Wildman–Crippen LogP) is 3.32. The van der Waals surface area contributed by atoms with Gasteiger partial charge in [0.05, 0.1) is 18.7 Å². The van der Waals surface area contributed by atoms with Crippen LogP contribution < -0.4 is 9.04 Å². The van der Waals surface area contributed by atoms with E-state index in [0.29, 0.717) is 17.3 Å². The highest BCUT2D eigenvalue weighted by molar-refractivity contribution is 7.94. The molecule has 0 atom stereocenters. The minimum atomic E-state index is -3.60. The van der Waals surface area contributed by atoms with E-state index in [0.717, 1.165) is 4.88 Å². The third-order valence-electron chi connectivity index (χ3n) is 2.81. The molecule has 20 heavy (non-hydrogen) atoms. The van der Waals surface area contributed by atoms with Crippen LogP contribution >= 0.6 is 22.9 Å². The topological polar surface area (TPSA) is 46.6 Å². The molecule has 2 aromatic rings. The number of sulfonamides is 1. The van der Waals surface area contributed by atoms with Crippen LogP contribution in [-0.2, 0) is 15.9 Å². The van der Waals surface area contributed by atoms with Crippen LogP contribution in [0.2, 0.25) is 0 Å². The van der Waals surface area contributed by atoms with E-state index < -0.39 is 10.0 Å². The van der Waals surface area contributed by atoms with Gasteiger partial charge in [-0.25, -0.2) is 8.42 Å². The Bertz CT molecular complexity index is 697. The molecule has 4 nitrogen and oxygen atoms in total. The standard InChI is InChI=1S/C13H14ClNO3S2/c1-15(11-5-3-4-6-12(11)18-2)20(16,17)13-8-7-10(9-14)19-13/h3-8H,9H2,1-2H3. The van der Waals surface area contributed by atoms with Gasteiger partial charge in [-0.2, -0.15) is 0 Å². The number of thiophene rings is 1. The second-order valence-electron chi connectivity index (χ2n) is 4.00. The summed E-state index contributed by atoms with van der Waals surface area (Å²) in [5.74, 6) is 0.811. The summed E-state index contributed by atoms with van der Waals surface area (Å²) < 4.78 is 31.8. The minimum absolute atomic E-state index is 0.265. The molecular formula is C13H14ClNO3S2. The molecule has 0 unspecified atom stereocenters. The summed E-state index contributed by atoms with van der Waals surface area (Å²) in [5, 5.41) is 0. The fraction of sp³-hybridized carbons (Fsp3) is 0.231. The molecule has 0 N–H and O–H groups in total. The van der Waals surface area contributed by atoms with Crippen molar-refractivity contribution in [3.8, 4) is 5.75 Å². The average Bonchev–Trinajstić information content (AvgIpc) is 2.96. The Morgan fingerprint density at radius 1 is 1.25 bits per heavy atom. The first-order valence-electron chi connectivity index (χ1n) is 5.77. The van der Waals surface area contributed by atoms with Gasteiger partial charge in [0.1, 0.15) is 9.96 Å². The lowest BCUT2D eigenvalue weighted by Gasteiger charge is -2.20. The first-order valence-corrected chi connectivity index (χ1v) is 8.56. The van der Waals surface area contributed by atoms with Crippen molar-refractivity contribution in [3.63, 3.8) is 0 Å². The summed E-state index contributed by atoms with van der Waals surface area (Å²) in [6.07, 6.45) is 0. The molecule has 0 bridgehead atoms. The smallest absolute Gasteiger partial charge is 0.273 e. The summed E-state index contributed by atoms with van der Waals surface area (Å²) in [6.45, 7) is 0. The molecule has 1 aromatic heterocycles. The lowest BCUT2D eigenvalue weighted by Crippen LogP contribution is -2.26. The van der Waals surface area contributed by atoms with E-state index in [1.807, 2.05) is 0 Å².